The lowest BCUT2D eigenvalue weighted by molar-refractivity contribution is -0.126. The van der Waals surface area contributed by atoms with Gasteiger partial charge in [-0.1, -0.05) is 36.4 Å². The van der Waals surface area contributed by atoms with Crippen LogP contribution >= 0.6 is 0 Å². The number of amides is 2. The van der Waals surface area contributed by atoms with Gasteiger partial charge in [0.05, 0.1) is 24.0 Å². The first-order chi connectivity index (χ1) is 16.0. The molecule has 0 aliphatic carbocycles. The van der Waals surface area contributed by atoms with E-state index >= 15 is 0 Å². The highest BCUT2D eigenvalue weighted by atomic mass is 16.7. The van der Waals surface area contributed by atoms with Gasteiger partial charge in [0.25, 0.3) is 5.91 Å². The van der Waals surface area contributed by atoms with E-state index in [-0.39, 0.29) is 17.6 Å². The monoisotopic (exact) mass is 444 g/mol. The molecule has 1 N–H and O–H groups in total. The first kappa shape index (κ1) is 21.0. The second-order valence-corrected chi connectivity index (χ2v) is 8.17. The van der Waals surface area contributed by atoms with Gasteiger partial charge >= 0.3 is 0 Å². The molecule has 0 spiro atoms. The molecule has 0 radical (unpaired) electrons. The Morgan fingerprint density at radius 3 is 2.42 bits per heavy atom. The molecule has 0 saturated carbocycles. The van der Waals surface area contributed by atoms with E-state index in [4.69, 9.17) is 9.57 Å². The molecule has 2 amide bonds. The van der Waals surface area contributed by atoms with E-state index < -0.39 is 18.1 Å². The summed E-state index contributed by atoms with van der Waals surface area (Å²) in [5.41, 5.74) is 2.92. The molecule has 168 valence electrons. The second-order valence-electron chi connectivity index (χ2n) is 8.17. The number of benzene rings is 3. The van der Waals surface area contributed by atoms with Crippen LogP contribution < -0.4 is 14.7 Å². The average Bonchev–Trinajstić information content (AvgIpc) is 3.32. The summed E-state index contributed by atoms with van der Waals surface area (Å²) in [6, 6.07) is 21.1. The fourth-order valence-electron chi connectivity index (χ4n) is 4.56. The molecule has 0 aromatic heterocycles. The zero-order valence-corrected chi connectivity index (χ0v) is 18.3. The number of fused-ring (bicyclic) bond motifs is 1. The number of ether oxygens (including phenoxy) is 1. The third kappa shape index (κ3) is 3.50. The van der Waals surface area contributed by atoms with Crippen molar-refractivity contribution in [3.63, 3.8) is 0 Å². The first-order valence-electron chi connectivity index (χ1n) is 10.9. The van der Waals surface area contributed by atoms with Crippen LogP contribution in [0.2, 0.25) is 0 Å². The van der Waals surface area contributed by atoms with Gasteiger partial charge in [0.2, 0.25) is 5.91 Å². The number of rotatable bonds is 5. The number of para-hydroxylation sites is 1. The lowest BCUT2D eigenvalue weighted by Crippen LogP contribution is -2.37. The Hall–Kier alpha value is -3.84. The molecule has 5 rings (SSSR count). The van der Waals surface area contributed by atoms with Crippen LogP contribution in [0.4, 0.5) is 11.4 Å². The highest BCUT2D eigenvalue weighted by Crippen LogP contribution is 2.48. The maximum absolute atomic E-state index is 13.7. The van der Waals surface area contributed by atoms with Crippen molar-refractivity contribution in [2.24, 2.45) is 5.92 Å². The quantitative estimate of drug-likeness (QED) is 0.596. The zero-order valence-electron chi connectivity index (χ0n) is 18.3. The Balaban J connectivity index is 1.60. The summed E-state index contributed by atoms with van der Waals surface area (Å²) < 4.78 is 5.57. The summed E-state index contributed by atoms with van der Waals surface area (Å²) in [5.74, 6) is -1.12. The number of carbonyl (C=O) groups excluding carboxylic acids is 2. The molecule has 3 aromatic rings. The first-order valence-corrected chi connectivity index (χ1v) is 10.9. The van der Waals surface area contributed by atoms with Crippen molar-refractivity contribution in [2.45, 2.75) is 26.0 Å². The fraction of sp³-hybridized carbons (Fsp3) is 0.231. The van der Waals surface area contributed by atoms with Crippen molar-refractivity contribution in [2.75, 3.05) is 16.6 Å². The van der Waals surface area contributed by atoms with Gasteiger partial charge in [0.15, 0.2) is 17.6 Å². The smallest absolute Gasteiger partial charge is 0.266 e. The summed E-state index contributed by atoms with van der Waals surface area (Å²) in [6.45, 7) is 4.12. The van der Waals surface area contributed by atoms with Crippen molar-refractivity contribution >= 4 is 23.2 Å². The Kier molecular flexibility index (Phi) is 5.26. The summed E-state index contributed by atoms with van der Waals surface area (Å²) in [4.78, 5) is 34.4. The number of hydrogen-bond acceptors (Lipinski definition) is 6. The van der Waals surface area contributed by atoms with Gasteiger partial charge in [0, 0.05) is 0 Å². The maximum Gasteiger partial charge on any atom is 0.266 e. The van der Waals surface area contributed by atoms with E-state index in [1.54, 1.807) is 23.3 Å². The van der Waals surface area contributed by atoms with Gasteiger partial charge < -0.3 is 9.84 Å². The summed E-state index contributed by atoms with van der Waals surface area (Å²) in [6.07, 6.45) is -0.951. The molecular weight excluding hydrogens is 420 g/mol. The number of carbonyl (C=O) groups is 2. The minimum Gasteiger partial charge on any atom is -0.504 e. The van der Waals surface area contributed by atoms with Crippen LogP contribution in [0.15, 0.2) is 72.8 Å². The molecular formula is C26H24N2O5. The van der Waals surface area contributed by atoms with Gasteiger partial charge in [-0.3, -0.25) is 14.4 Å². The number of aromatic hydroxyl groups is 1. The molecule has 2 saturated heterocycles. The Bertz CT molecular complexity index is 1210. The van der Waals surface area contributed by atoms with E-state index in [0.29, 0.717) is 23.6 Å². The second kappa shape index (κ2) is 8.26. The van der Waals surface area contributed by atoms with Gasteiger partial charge in [0.1, 0.15) is 5.92 Å². The standard InChI is InChI=1S/C26H24N2O5/c1-3-32-21-15-17(12-13-20(21)29)23-22-24(33-28(23)18-9-5-4-6-10-18)26(31)27(25(22)30)19-11-7-8-16(2)14-19/h4-15,22-24,29H,3H2,1-2H3/t22-,23-,24-/m1/s1. The SMILES string of the molecule is CCOc1cc([C@@H]2[C@H]3C(=O)N(c4cccc(C)c4)C(=O)[C@@H]3ON2c2ccccc2)ccc1O. The van der Waals surface area contributed by atoms with E-state index in [0.717, 1.165) is 11.3 Å². The molecule has 7 heteroatoms. The summed E-state index contributed by atoms with van der Waals surface area (Å²) in [5, 5.41) is 11.8. The maximum atomic E-state index is 13.7. The number of phenolic OH excluding ortho intramolecular Hbond substituents is 1. The Morgan fingerprint density at radius 2 is 1.70 bits per heavy atom. The van der Waals surface area contributed by atoms with Crippen LogP contribution in [0, 0.1) is 12.8 Å². The summed E-state index contributed by atoms with van der Waals surface area (Å²) >= 11 is 0. The van der Waals surface area contributed by atoms with Gasteiger partial charge in [-0.05, 0) is 61.4 Å². The Morgan fingerprint density at radius 1 is 0.939 bits per heavy atom. The molecule has 3 atom stereocenters. The van der Waals surface area contributed by atoms with Gasteiger partial charge in [-0.2, -0.15) is 0 Å². The normalized spacial score (nSPS) is 22.1. The zero-order chi connectivity index (χ0) is 23.1. The van der Waals surface area contributed by atoms with Crippen LogP contribution in [-0.2, 0) is 14.4 Å². The molecule has 2 fully saturated rings. The molecule has 2 aliphatic heterocycles. The van der Waals surface area contributed by atoms with Crippen molar-refractivity contribution < 1.29 is 24.3 Å². The third-order valence-electron chi connectivity index (χ3n) is 6.01. The minimum atomic E-state index is -0.951. The molecule has 0 unspecified atom stereocenters. The lowest BCUT2D eigenvalue weighted by atomic mass is 9.90. The number of aryl methyl sites for hydroxylation is 1. The number of hydroxylamine groups is 1. The molecule has 3 aromatic carbocycles. The van der Waals surface area contributed by atoms with Crippen LogP contribution in [0.1, 0.15) is 24.1 Å². The average molecular weight is 444 g/mol. The number of anilines is 2. The van der Waals surface area contributed by atoms with Crippen molar-refractivity contribution in [1.29, 1.82) is 0 Å². The molecule has 2 aliphatic rings. The van der Waals surface area contributed by atoms with Crippen molar-refractivity contribution in [1.82, 2.24) is 0 Å². The predicted molar refractivity (Wildman–Crippen MR) is 123 cm³/mol. The van der Waals surface area contributed by atoms with Crippen molar-refractivity contribution in [3.8, 4) is 11.5 Å². The van der Waals surface area contributed by atoms with E-state index in [9.17, 15) is 14.7 Å². The van der Waals surface area contributed by atoms with Crippen LogP contribution in [-0.4, -0.2) is 29.6 Å². The number of nitrogens with zero attached hydrogens (tertiary/aromatic N) is 2. The molecule has 7 nitrogen and oxygen atoms in total. The lowest BCUT2D eigenvalue weighted by Gasteiger charge is -2.29. The fourth-order valence-corrected chi connectivity index (χ4v) is 4.56. The summed E-state index contributed by atoms with van der Waals surface area (Å²) in [7, 11) is 0. The van der Waals surface area contributed by atoms with Crippen LogP contribution in [0.25, 0.3) is 0 Å². The number of imide groups is 1. The van der Waals surface area contributed by atoms with Crippen LogP contribution in [0.5, 0.6) is 11.5 Å². The predicted octanol–water partition coefficient (Wildman–Crippen LogP) is 4.15. The topological polar surface area (TPSA) is 79.3 Å². The highest BCUT2D eigenvalue weighted by molar-refractivity contribution is 6.24. The van der Waals surface area contributed by atoms with E-state index in [1.165, 1.54) is 11.0 Å². The van der Waals surface area contributed by atoms with Crippen LogP contribution in [0.3, 0.4) is 0 Å². The molecule has 33 heavy (non-hydrogen) atoms. The van der Waals surface area contributed by atoms with Crippen molar-refractivity contribution in [3.05, 3.63) is 83.9 Å². The van der Waals surface area contributed by atoms with E-state index in [2.05, 4.69) is 0 Å². The van der Waals surface area contributed by atoms with E-state index in [1.807, 2.05) is 62.4 Å². The third-order valence-corrected chi connectivity index (χ3v) is 6.01. The van der Waals surface area contributed by atoms with Gasteiger partial charge in [-0.25, -0.2) is 9.96 Å². The number of hydrogen-bond donors (Lipinski definition) is 1. The van der Waals surface area contributed by atoms with Gasteiger partial charge in [-0.15, -0.1) is 0 Å². The largest absolute Gasteiger partial charge is 0.504 e. The molecule has 0 bridgehead atoms. The Labute approximate surface area is 191 Å². The minimum absolute atomic E-state index is 0.0116. The number of phenols is 1. The molecule has 2 heterocycles. The highest BCUT2D eigenvalue weighted by Gasteiger charge is 2.60.